The first-order valence-electron chi connectivity index (χ1n) is 11.3. The van der Waals surface area contributed by atoms with Gasteiger partial charge in [0.05, 0.1) is 0 Å². The number of ether oxygens (including phenoxy) is 1. The zero-order valence-corrected chi connectivity index (χ0v) is 18.7. The Bertz CT molecular complexity index is 612. The lowest BCUT2D eigenvalue weighted by molar-refractivity contribution is -0.0522. The van der Waals surface area contributed by atoms with Gasteiger partial charge in [-0.05, 0) is 73.2 Å². The molecular weight excluding hydrogens is 393 g/mol. The molecular formula is C23H35F3O2Si. The topological polar surface area (TPSA) is 18.5 Å². The Kier molecular flexibility index (Phi) is 8.91. The molecule has 0 bridgehead atoms. The summed E-state index contributed by atoms with van der Waals surface area (Å²) in [6.07, 6.45) is 12.5. The Morgan fingerprint density at radius 2 is 1.69 bits per heavy atom. The molecule has 2 fully saturated rings. The van der Waals surface area contributed by atoms with Gasteiger partial charge in [-0.3, -0.25) is 0 Å². The highest BCUT2D eigenvalue weighted by molar-refractivity contribution is 6.51. The van der Waals surface area contributed by atoms with Gasteiger partial charge in [0, 0.05) is 7.11 Å². The fourth-order valence-corrected chi connectivity index (χ4v) is 7.76. The number of aryl methyl sites for hydroxylation is 1. The molecule has 0 unspecified atom stereocenters. The summed E-state index contributed by atoms with van der Waals surface area (Å²) >= 11 is 0. The van der Waals surface area contributed by atoms with Gasteiger partial charge in [0.1, 0.15) is 0 Å². The molecule has 0 spiro atoms. The molecule has 0 radical (unpaired) electrons. The van der Waals surface area contributed by atoms with Gasteiger partial charge in [0.25, 0.3) is 0 Å². The van der Waals surface area contributed by atoms with Crippen LogP contribution in [0.5, 0.6) is 5.75 Å². The van der Waals surface area contributed by atoms with Crippen LogP contribution in [0.1, 0.15) is 63.4 Å². The van der Waals surface area contributed by atoms with E-state index in [1.807, 2.05) is 7.11 Å². The number of hydrogen-bond acceptors (Lipinski definition) is 2. The summed E-state index contributed by atoms with van der Waals surface area (Å²) in [7, 11) is 1.07. The van der Waals surface area contributed by atoms with Gasteiger partial charge < -0.3 is 9.16 Å². The molecule has 0 aromatic heterocycles. The van der Waals surface area contributed by atoms with Crippen LogP contribution >= 0.6 is 0 Å². The van der Waals surface area contributed by atoms with Gasteiger partial charge in [-0.25, -0.2) is 4.39 Å². The van der Waals surface area contributed by atoms with E-state index in [9.17, 15) is 13.2 Å². The van der Waals surface area contributed by atoms with Gasteiger partial charge >= 0.3 is 6.61 Å². The van der Waals surface area contributed by atoms with Gasteiger partial charge in [0.2, 0.25) is 0 Å². The van der Waals surface area contributed by atoms with E-state index in [2.05, 4.69) is 4.74 Å². The fraction of sp³-hybridized carbons (Fsp3) is 0.739. The first kappa shape index (κ1) is 22.7. The Labute approximate surface area is 174 Å². The first-order chi connectivity index (χ1) is 14.0. The molecule has 2 aliphatic rings. The third-order valence-corrected chi connectivity index (χ3v) is 9.77. The summed E-state index contributed by atoms with van der Waals surface area (Å²) in [6, 6.07) is 7.06. The van der Waals surface area contributed by atoms with Crippen LogP contribution in [-0.2, 0) is 10.8 Å². The van der Waals surface area contributed by atoms with Crippen LogP contribution in [0.4, 0.5) is 13.2 Å². The van der Waals surface area contributed by atoms with E-state index in [1.165, 1.54) is 69.2 Å². The van der Waals surface area contributed by atoms with Crippen molar-refractivity contribution in [3.8, 4) is 5.75 Å². The lowest BCUT2D eigenvalue weighted by Gasteiger charge is -2.37. The minimum atomic E-state index is -2.99. The van der Waals surface area contributed by atoms with Crippen LogP contribution in [0.15, 0.2) is 18.2 Å². The average molecular weight is 429 g/mol. The molecule has 1 heterocycles. The maximum Gasteiger partial charge on any atom is 0.387 e. The SMILES string of the molecule is CO[SiH]1CCC(C2CCC(CCCCc3ccc(OC(F)F)c(F)c3)CC2)CC1. The molecule has 1 aromatic carbocycles. The van der Waals surface area contributed by atoms with Crippen molar-refractivity contribution in [3.05, 3.63) is 29.6 Å². The zero-order valence-electron chi connectivity index (χ0n) is 17.6. The summed E-state index contributed by atoms with van der Waals surface area (Å²) in [5.74, 6) is 1.65. The van der Waals surface area contributed by atoms with E-state index in [0.29, 0.717) is 0 Å². The van der Waals surface area contributed by atoms with E-state index in [4.69, 9.17) is 4.43 Å². The smallest absolute Gasteiger partial charge is 0.387 e. The molecule has 1 saturated carbocycles. The maximum atomic E-state index is 13.8. The highest BCUT2D eigenvalue weighted by atomic mass is 28.3. The molecule has 0 atom stereocenters. The van der Waals surface area contributed by atoms with E-state index in [-0.39, 0.29) is 5.75 Å². The summed E-state index contributed by atoms with van der Waals surface area (Å²) in [6.45, 7) is -2.99. The largest absolute Gasteiger partial charge is 0.432 e. The second kappa shape index (κ2) is 11.4. The van der Waals surface area contributed by atoms with Crippen LogP contribution < -0.4 is 4.74 Å². The van der Waals surface area contributed by atoms with E-state index in [0.717, 1.165) is 42.6 Å². The quantitative estimate of drug-likeness (QED) is 0.321. The molecule has 1 saturated heterocycles. The Hall–Kier alpha value is -1.01. The number of halogens is 3. The molecule has 29 heavy (non-hydrogen) atoms. The number of unbranched alkanes of at least 4 members (excludes halogenated alkanes) is 1. The molecule has 0 amide bonds. The van der Waals surface area contributed by atoms with Crippen LogP contribution in [-0.4, -0.2) is 22.8 Å². The van der Waals surface area contributed by atoms with Crippen molar-refractivity contribution in [1.82, 2.24) is 0 Å². The third-order valence-electron chi connectivity index (χ3n) is 7.15. The minimum Gasteiger partial charge on any atom is -0.432 e. The van der Waals surface area contributed by atoms with Gasteiger partial charge in [-0.2, -0.15) is 8.78 Å². The third kappa shape index (κ3) is 7.02. The summed E-state index contributed by atoms with van der Waals surface area (Å²) in [4.78, 5) is 0. The lowest BCUT2D eigenvalue weighted by atomic mass is 9.73. The molecule has 0 N–H and O–H groups in total. The summed E-state index contributed by atoms with van der Waals surface area (Å²) in [5.41, 5.74) is 0.850. The van der Waals surface area contributed by atoms with Gasteiger partial charge in [-0.15, -0.1) is 0 Å². The molecule has 2 nitrogen and oxygen atoms in total. The molecule has 1 aliphatic heterocycles. The predicted octanol–water partition coefficient (Wildman–Crippen LogP) is 6.73. The Balaban J connectivity index is 1.31. The average Bonchev–Trinajstić information content (AvgIpc) is 2.73. The second-order valence-electron chi connectivity index (χ2n) is 8.94. The van der Waals surface area contributed by atoms with Crippen molar-refractivity contribution in [2.45, 2.75) is 82.9 Å². The first-order valence-corrected chi connectivity index (χ1v) is 13.4. The number of alkyl halides is 2. The molecule has 6 heteroatoms. The van der Waals surface area contributed by atoms with Crippen molar-refractivity contribution >= 4 is 9.04 Å². The second-order valence-corrected chi connectivity index (χ2v) is 11.8. The highest BCUT2D eigenvalue weighted by Crippen LogP contribution is 2.41. The molecule has 1 aliphatic carbocycles. The van der Waals surface area contributed by atoms with Crippen molar-refractivity contribution in [1.29, 1.82) is 0 Å². The van der Waals surface area contributed by atoms with Gasteiger partial charge in [0.15, 0.2) is 20.6 Å². The van der Waals surface area contributed by atoms with E-state index >= 15 is 0 Å². The van der Waals surface area contributed by atoms with Crippen LogP contribution in [0.2, 0.25) is 12.1 Å². The van der Waals surface area contributed by atoms with Crippen molar-refractivity contribution in [2.75, 3.05) is 7.11 Å². The predicted molar refractivity (Wildman–Crippen MR) is 113 cm³/mol. The zero-order chi connectivity index (χ0) is 20.6. The van der Waals surface area contributed by atoms with Crippen LogP contribution in [0.25, 0.3) is 0 Å². The number of rotatable bonds is 9. The summed E-state index contributed by atoms with van der Waals surface area (Å²) in [5, 5.41) is 0. The lowest BCUT2D eigenvalue weighted by Crippen LogP contribution is -2.29. The Morgan fingerprint density at radius 3 is 2.31 bits per heavy atom. The number of benzene rings is 1. The molecule has 164 valence electrons. The van der Waals surface area contributed by atoms with Gasteiger partial charge in [-0.1, -0.05) is 44.6 Å². The Morgan fingerprint density at radius 1 is 1.00 bits per heavy atom. The van der Waals surface area contributed by atoms with E-state index < -0.39 is 21.5 Å². The van der Waals surface area contributed by atoms with E-state index in [1.54, 1.807) is 6.07 Å². The standard InChI is InChI=1S/C23H35F3O2Si/c1-27-29-14-12-20(13-15-29)19-9-6-17(7-10-19)4-2-3-5-18-8-11-22(21(24)16-18)28-23(25)26/h8,11,16-17,19-20,23,29H,2-7,9-10,12-15H2,1H3. The van der Waals surface area contributed by atoms with Crippen molar-refractivity contribution < 1.29 is 22.3 Å². The monoisotopic (exact) mass is 428 g/mol. The highest BCUT2D eigenvalue weighted by Gasteiger charge is 2.31. The molecule has 1 aromatic rings. The minimum absolute atomic E-state index is 0.376. The fourth-order valence-electron chi connectivity index (χ4n) is 5.40. The normalized spacial score (nSPS) is 27.9. The number of hydrogen-bond donors (Lipinski definition) is 0. The van der Waals surface area contributed by atoms with Crippen LogP contribution in [0.3, 0.4) is 0 Å². The summed E-state index contributed by atoms with van der Waals surface area (Å²) < 4.78 is 48.0. The molecule has 3 rings (SSSR count). The van der Waals surface area contributed by atoms with Crippen LogP contribution in [0, 0.1) is 23.6 Å². The maximum absolute atomic E-state index is 13.8. The van der Waals surface area contributed by atoms with Crippen molar-refractivity contribution in [2.24, 2.45) is 17.8 Å². The van der Waals surface area contributed by atoms with Crippen molar-refractivity contribution in [3.63, 3.8) is 0 Å².